The highest BCUT2D eigenvalue weighted by Gasteiger charge is 2.40. The van der Waals surface area contributed by atoms with Gasteiger partial charge in [0.1, 0.15) is 78.3 Å². The van der Waals surface area contributed by atoms with Crippen molar-refractivity contribution in [1.29, 1.82) is 5.41 Å². The molecule has 0 saturated heterocycles. The molecule has 2 heterocycles. The first kappa shape index (κ1) is 104. The van der Waals surface area contributed by atoms with E-state index in [0.29, 0.717) is 63.4 Å². The minimum atomic E-state index is -1.92. The number of fused-ring (bicyclic) bond motifs is 2. The maximum absolute atomic E-state index is 15.4. The number of rotatable bonds is 55. The van der Waals surface area contributed by atoms with E-state index in [1.54, 1.807) is 98.9 Å². The summed E-state index contributed by atoms with van der Waals surface area (Å²) in [6.07, 6.45) is -0.793. The molecule has 6 rings (SSSR count). The molecule has 0 aliphatic heterocycles. The molecule has 42 nitrogen and oxygen atoms in total. The first-order valence-electron chi connectivity index (χ1n) is 41.9. The Morgan fingerprint density at radius 1 is 0.434 bits per heavy atom. The van der Waals surface area contributed by atoms with E-state index in [9.17, 15) is 77.3 Å². The van der Waals surface area contributed by atoms with Gasteiger partial charge in [-0.2, -0.15) is 25.3 Å². The number of nitrogens with two attached hydrogens (primary N) is 5. The lowest BCUT2D eigenvalue weighted by Crippen LogP contribution is -2.62. The maximum atomic E-state index is 15.4. The van der Waals surface area contributed by atoms with E-state index in [0.717, 1.165) is 18.7 Å². The zero-order valence-corrected chi connectivity index (χ0v) is 74.0. The molecule has 6 aromatic rings. The molecule has 0 unspecified atom stereocenters. The van der Waals surface area contributed by atoms with Gasteiger partial charge < -0.3 is 128 Å². The fraction of sp³-hybridized carbons (Fsp3) is 0.459. The number of carbonyl (C=O) groups is 17. The molecule has 4 aromatic carbocycles. The number of aromatic hydroxyl groups is 1. The lowest BCUT2D eigenvalue weighted by atomic mass is 9.99. The van der Waals surface area contributed by atoms with Gasteiger partial charge in [-0.05, 0) is 111 Å². The molecule has 17 amide bonds. The Morgan fingerprint density at radius 3 is 1.40 bits per heavy atom. The number of hydrogen-bond donors (Lipinski definition) is 26. The molecule has 0 aliphatic carbocycles. The SMILES string of the molecule is CC(=O)N[C@@H](CS)C(=O)N(C)[C@@H](CCC(N)=O)C(=O)N[C@H](C(=O)N[C@@H](Cc1c[nH]c2ccccc12)C(=O)N[C@@H](CCC(N)=O)C(=O)N[C@@H](CS)C(=O)N[C@@H](Cc1ccc(O)cc1)C(=O)N[C@@H](Cc1c[nH]c2ccccc12)C(=O)N[C@@H](CCCNC(=N)N)C(=O)N[C@H](C(=O)N[C@@H](Cc1ccccc1)C(=O)NCC(=O)NCCC(=O)N[C@H](CCCCN)C(N)=O)C(C)C)[C@@H](C)O. The Bertz CT molecular complexity index is 4900. The minimum Gasteiger partial charge on any atom is -0.508 e. The second-order valence-electron chi connectivity index (χ2n) is 31.3. The summed E-state index contributed by atoms with van der Waals surface area (Å²) >= 11 is 8.56. The van der Waals surface area contributed by atoms with E-state index < -0.39 is 229 Å². The van der Waals surface area contributed by atoms with Gasteiger partial charge in [-0.15, -0.1) is 0 Å². The van der Waals surface area contributed by atoms with Gasteiger partial charge in [0.15, 0.2) is 5.96 Å². The Kier molecular flexibility index (Phi) is 42.6. The van der Waals surface area contributed by atoms with E-state index in [1.165, 1.54) is 37.5 Å². The highest BCUT2D eigenvalue weighted by Crippen LogP contribution is 2.23. The van der Waals surface area contributed by atoms with E-state index in [4.69, 9.17) is 34.1 Å². The van der Waals surface area contributed by atoms with Gasteiger partial charge in [-0.3, -0.25) is 86.9 Å². The maximum Gasteiger partial charge on any atom is 0.246 e. The van der Waals surface area contributed by atoms with E-state index in [1.807, 2.05) is 0 Å². The summed E-state index contributed by atoms with van der Waals surface area (Å²) in [4.78, 5) is 243. The number of aliphatic hydroxyl groups excluding tert-OH is 1. The number of H-pyrrole nitrogens is 2. The van der Waals surface area contributed by atoms with Gasteiger partial charge in [0.25, 0.3) is 0 Å². The fourth-order valence-corrected chi connectivity index (χ4v) is 14.3. The van der Waals surface area contributed by atoms with Crippen molar-refractivity contribution in [3.63, 3.8) is 0 Å². The average Bonchev–Trinajstić information content (AvgIpc) is 1.61. The van der Waals surface area contributed by atoms with Crippen molar-refractivity contribution in [3.8, 4) is 5.75 Å². The Labute approximate surface area is 755 Å². The van der Waals surface area contributed by atoms with Crippen LogP contribution >= 0.6 is 25.3 Å². The van der Waals surface area contributed by atoms with E-state index in [-0.39, 0.29) is 76.0 Å². The number of para-hydroxylation sites is 2. The minimum absolute atomic E-state index is 0.00755. The van der Waals surface area contributed by atoms with Crippen LogP contribution in [0, 0.1) is 11.3 Å². The van der Waals surface area contributed by atoms with Crippen LogP contribution in [0.2, 0.25) is 0 Å². The molecule has 129 heavy (non-hydrogen) atoms. The number of carbonyl (C=O) groups excluding carboxylic acids is 17. The summed E-state index contributed by atoms with van der Waals surface area (Å²) in [5, 5.41) is 66.6. The predicted octanol–water partition coefficient (Wildman–Crippen LogP) is -4.27. The van der Waals surface area contributed by atoms with Crippen molar-refractivity contribution in [2.75, 3.05) is 44.7 Å². The third-order valence-electron chi connectivity index (χ3n) is 20.8. The average molecular weight is 1830 g/mol. The number of hydrogen-bond acceptors (Lipinski definition) is 23. The smallest absolute Gasteiger partial charge is 0.246 e. The van der Waals surface area contributed by atoms with E-state index >= 15 is 14.4 Å². The quantitative estimate of drug-likeness (QED) is 0.00744. The molecule has 0 fully saturated rings. The van der Waals surface area contributed by atoms with Gasteiger partial charge >= 0.3 is 0 Å². The standard InChI is InChI=1S/C85H119N23O19S2/c1-45(2)71(82(125)103-60(36-48-16-7-6-8-17-48)74(117)96-42-70(115)92-35-32-69(114)98-57(73(89)116)22-13-14-33-86)106-76(119)58(23-15-34-93-85(90)91)99-78(121)62(38-50-40-94-55-20-11-9-18-53(50)55)102-77(120)61(37-49-24-26-52(111)27-25-49)101-80(123)64(43-128)105-75(118)59(28-30-67(87)112)100-79(122)63(39-51-41-95-56-21-12-10-19-54(51)56)104-83(126)72(46(3)109)107-81(124)66(29-31-68(88)113)108(5)84(127)65(44-129)97-47(4)110/h6-12,16-21,24-27,40-41,45-46,57-66,71-72,94-95,109,111,128-129H,13-15,22-23,28-39,42-44,86H2,1-5H3,(H2,87,112)(H2,88,113)(H2,89,116)(H,92,115)(H,96,117)(H,97,110)(H,98,114)(H,99,121)(H,100,122)(H,101,123)(H,102,120)(H,103,125)(H,104,126)(H,105,118)(H,106,119)(H,107,124)(H4,90,91,93)/t46-,57-,58+,59+,60+,61+,62+,63+,64+,65+,66+,71+,72+/m1/s1. The number of nitrogens with one attached hydrogen (secondary N) is 17. The summed E-state index contributed by atoms with van der Waals surface area (Å²) in [6.45, 7) is 5.04. The highest BCUT2D eigenvalue weighted by molar-refractivity contribution is 7.80. The third kappa shape index (κ3) is 34.4. The summed E-state index contributed by atoms with van der Waals surface area (Å²) in [6, 6.07) is 9.15. The molecule has 0 radical (unpaired) electrons. The zero-order valence-electron chi connectivity index (χ0n) is 72.3. The second-order valence-corrected chi connectivity index (χ2v) is 32.0. The van der Waals surface area contributed by atoms with E-state index in [2.05, 4.69) is 110 Å². The number of phenolic OH excluding ortho intramolecular Hbond substituents is 1. The molecule has 0 aliphatic rings. The largest absolute Gasteiger partial charge is 0.508 e. The van der Waals surface area contributed by atoms with Crippen LogP contribution in [0.1, 0.15) is 114 Å². The van der Waals surface area contributed by atoms with Crippen molar-refractivity contribution in [3.05, 3.63) is 138 Å². The Morgan fingerprint density at radius 2 is 0.884 bits per heavy atom. The number of unbranched alkanes of at least 4 members (excludes halogenated alkanes) is 1. The van der Waals surface area contributed by atoms with Gasteiger partial charge in [0.05, 0.1) is 12.6 Å². The summed E-state index contributed by atoms with van der Waals surface area (Å²) in [5.74, 6) is -17.6. The van der Waals surface area contributed by atoms with Gasteiger partial charge in [0.2, 0.25) is 100 Å². The van der Waals surface area contributed by atoms with Crippen LogP contribution in [0.4, 0.5) is 0 Å². The number of aromatic nitrogens is 2. The van der Waals surface area contributed by atoms with Crippen LogP contribution < -0.4 is 103 Å². The Hall–Kier alpha value is -13.4. The summed E-state index contributed by atoms with van der Waals surface area (Å²) < 4.78 is 0. The van der Waals surface area contributed by atoms with Crippen LogP contribution in [-0.4, -0.2) is 255 Å². The Balaban J connectivity index is 1.27. The number of thiol groups is 2. The van der Waals surface area contributed by atoms with Crippen LogP contribution in [0.3, 0.4) is 0 Å². The normalized spacial score (nSPS) is 14.2. The fourth-order valence-electron chi connectivity index (χ4n) is 13.8. The summed E-state index contributed by atoms with van der Waals surface area (Å²) in [5.41, 5.74) is 30.7. The number of likely N-dealkylation sites (N-methyl/N-ethyl adjacent to an activating group) is 1. The van der Waals surface area contributed by atoms with Crippen molar-refractivity contribution < 1.29 is 91.7 Å². The molecule has 13 atom stereocenters. The van der Waals surface area contributed by atoms with Crippen molar-refractivity contribution >= 4 is 153 Å². The first-order valence-corrected chi connectivity index (χ1v) is 43.1. The first-order chi connectivity index (χ1) is 61.3. The lowest BCUT2D eigenvalue weighted by molar-refractivity contribution is -0.143. The van der Waals surface area contributed by atoms with Crippen molar-refractivity contribution in [2.45, 2.75) is 196 Å². The molecule has 29 N–H and O–H groups in total. The van der Waals surface area contributed by atoms with Crippen LogP contribution in [0.5, 0.6) is 5.75 Å². The molecular weight excluding hydrogens is 1710 g/mol. The molecule has 2 aromatic heterocycles. The number of guanidine groups is 1. The molecule has 44 heteroatoms. The number of phenols is 1. The van der Waals surface area contributed by atoms with Crippen molar-refractivity contribution in [1.82, 2.24) is 89.3 Å². The summed E-state index contributed by atoms with van der Waals surface area (Å²) in [7, 11) is 1.19. The second kappa shape index (κ2) is 52.7. The molecule has 0 saturated carbocycles. The van der Waals surface area contributed by atoms with Crippen LogP contribution in [-0.2, 0) is 107 Å². The zero-order chi connectivity index (χ0) is 95.1. The number of amides is 17. The number of aliphatic hydroxyl groups is 1. The van der Waals surface area contributed by atoms with Gasteiger partial charge in [0, 0.05) is 118 Å². The highest BCUT2D eigenvalue weighted by atomic mass is 32.1. The monoisotopic (exact) mass is 1830 g/mol. The van der Waals surface area contributed by atoms with Crippen molar-refractivity contribution in [2.24, 2.45) is 34.6 Å². The topological polar surface area (TPSA) is 688 Å². The lowest BCUT2D eigenvalue weighted by Gasteiger charge is -2.32. The molecule has 0 bridgehead atoms. The molecule has 0 spiro atoms. The molecule has 700 valence electrons. The number of primary amides is 3. The van der Waals surface area contributed by atoms with Gasteiger partial charge in [-0.1, -0.05) is 92.7 Å². The molecular formula is C85H119N23O19S2. The van der Waals surface area contributed by atoms with Crippen LogP contribution in [0.25, 0.3) is 21.8 Å². The van der Waals surface area contributed by atoms with Gasteiger partial charge in [-0.25, -0.2) is 0 Å². The predicted molar refractivity (Wildman–Crippen MR) is 482 cm³/mol. The number of aromatic amines is 2. The number of benzene rings is 4. The number of nitrogens with zero attached hydrogens (tertiary/aromatic N) is 1. The third-order valence-corrected chi connectivity index (χ3v) is 21.5. The van der Waals surface area contributed by atoms with Crippen LogP contribution in [0.15, 0.2) is 116 Å².